The number of likely N-dealkylation sites (tertiary alicyclic amines) is 1. The van der Waals surface area contributed by atoms with Gasteiger partial charge in [0.05, 0.1) is 12.0 Å². The van der Waals surface area contributed by atoms with Gasteiger partial charge in [-0.25, -0.2) is 0 Å². The second kappa shape index (κ2) is 9.82. The van der Waals surface area contributed by atoms with E-state index in [0.717, 1.165) is 57.0 Å². The first-order valence-electron chi connectivity index (χ1n) is 12.5. The number of ether oxygens (including phenoxy) is 1. The first kappa shape index (κ1) is 23.1. The summed E-state index contributed by atoms with van der Waals surface area (Å²) >= 11 is 0. The molecule has 2 aromatic rings. The van der Waals surface area contributed by atoms with Crippen LogP contribution in [0.15, 0.2) is 36.4 Å². The number of benzene rings is 2. The van der Waals surface area contributed by atoms with Gasteiger partial charge in [-0.05, 0) is 97.5 Å². The molecule has 2 aliphatic rings. The number of hydrogen-bond donors (Lipinski definition) is 1. The number of carboxylic acids is 1. The Morgan fingerprint density at radius 3 is 2.31 bits per heavy atom. The van der Waals surface area contributed by atoms with Crippen molar-refractivity contribution >= 4 is 16.7 Å². The minimum atomic E-state index is -0.647. The number of carboxylic acid groups (broad SMARTS) is 1. The molecule has 1 saturated carbocycles. The summed E-state index contributed by atoms with van der Waals surface area (Å²) in [6.07, 6.45) is 7.94. The van der Waals surface area contributed by atoms with Crippen LogP contribution in [0.25, 0.3) is 10.8 Å². The lowest BCUT2D eigenvalue weighted by Crippen LogP contribution is -2.35. The van der Waals surface area contributed by atoms with Crippen LogP contribution in [0.4, 0.5) is 0 Å². The normalized spacial score (nSPS) is 23.3. The summed E-state index contributed by atoms with van der Waals surface area (Å²) in [5.74, 6) is 0.983. The largest absolute Gasteiger partial charge is 0.490 e. The van der Waals surface area contributed by atoms with Gasteiger partial charge in [0.2, 0.25) is 0 Å². The summed E-state index contributed by atoms with van der Waals surface area (Å²) in [6.45, 7) is 9.74. The molecule has 4 heteroatoms. The van der Waals surface area contributed by atoms with Gasteiger partial charge >= 0.3 is 5.97 Å². The highest BCUT2D eigenvalue weighted by atomic mass is 16.5. The summed E-state index contributed by atoms with van der Waals surface area (Å²) in [5, 5.41) is 11.6. The number of hydrogen-bond acceptors (Lipinski definition) is 3. The van der Waals surface area contributed by atoms with E-state index in [9.17, 15) is 9.90 Å². The van der Waals surface area contributed by atoms with Gasteiger partial charge in [-0.3, -0.25) is 9.69 Å². The molecule has 2 aromatic carbocycles. The maximum absolute atomic E-state index is 11.2. The second-order valence-corrected chi connectivity index (χ2v) is 10.7. The third kappa shape index (κ3) is 5.46. The Hall–Kier alpha value is -2.07. The molecule has 0 spiro atoms. The standard InChI is InChI=1S/C28H39NO3/c1-4-28(2,3)24-8-11-25(12-9-24)32-26-10-7-22-17-20(5-6-23(22)18-26)19-29-15-13-21(14-16-29)27(30)31/h5-7,10,17-18,21,24-25H,4,8-9,11-16,19H2,1-3H3,(H,30,31)/t24-,25+. The van der Waals surface area contributed by atoms with Gasteiger partial charge in [-0.1, -0.05) is 45.4 Å². The maximum Gasteiger partial charge on any atom is 0.306 e. The lowest BCUT2D eigenvalue weighted by atomic mass is 9.69. The molecule has 0 bridgehead atoms. The molecule has 2 fully saturated rings. The van der Waals surface area contributed by atoms with Gasteiger partial charge in [-0.2, -0.15) is 0 Å². The Morgan fingerprint density at radius 2 is 1.66 bits per heavy atom. The molecular weight excluding hydrogens is 398 g/mol. The van der Waals surface area contributed by atoms with Crippen LogP contribution in [0, 0.1) is 17.3 Å². The molecule has 4 nitrogen and oxygen atoms in total. The summed E-state index contributed by atoms with van der Waals surface area (Å²) in [6, 6.07) is 13.1. The summed E-state index contributed by atoms with van der Waals surface area (Å²) in [4.78, 5) is 13.5. The van der Waals surface area contributed by atoms with Gasteiger partial charge in [0, 0.05) is 6.54 Å². The lowest BCUT2D eigenvalue weighted by Gasteiger charge is -2.38. The fourth-order valence-corrected chi connectivity index (χ4v) is 5.48. The Bertz CT molecular complexity index is 921. The fraction of sp³-hybridized carbons (Fsp3) is 0.607. The van der Waals surface area contributed by atoms with Crippen LogP contribution in [0.1, 0.15) is 71.3 Å². The quantitative estimate of drug-likeness (QED) is 0.536. The number of fused-ring (bicyclic) bond motifs is 1. The SMILES string of the molecule is CCC(C)(C)[C@H]1CC[C@@H](Oc2ccc3cc(CN4CCC(C(=O)O)CC4)ccc3c2)CC1. The van der Waals surface area contributed by atoms with Crippen molar-refractivity contribution in [2.75, 3.05) is 13.1 Å². The second-order valence-electron chi connectivity index (χ2n) is 10.7. The maximum atomic E-state index is 11.2. The Kier molecular flexibility index (Phi) is 7.09. The number of carbonyl (C=O) groups is 1. The molecule has 0 unspecified atom stereocenters. The van der Waals surface area contributed by atoms with Crippen LogP contribution in [0.3, 0.4) is 0 Å². The minimum Gasteiger partial charge on any atom is -0.490 e. The van der Waals surface area contributed by atoms with Crippen LogP contribution >= 0.6 is 0 Å². The molecule has 1 aliphatic heterocycles. The van der Waals surface area contributed by atoms with E-state index in [1.165, 1.54) is 35.6 Å². The van der Waals surface area contributed by atoms with E-state index < -0.39 is 5.97 Å². The Balaban J connectivity index is 1.33. The lowest BCUT2D eigenvalue weighted by molar-refractivity contribution is -0.143. The van der Waals surface area contributed by atoms with Crippen molar-refractivity contribution in [2.24, 2.45) is 17.3 Å². The number of piperidine rings is 1. The van der Waals surface area contributed by atoms with Crippen LogP contribution < -0.4 is 4.74 Å². The smallest absolute Gasteiger partial charge is 0.306 e. The summed E-state index contributed by atoms with van der Waals surface area (Å²) in [5.41, 5.74) is 1.73. The van der Waals surface area contributed by atoms with Crippen molar-refractivity contribution in [2.45, 2.75) is 78.4 Å². The zero-order chi connectivity index (χ0) is 22.7. The van der Waals surface area contributed by atoms with E-state index >= 15 is 0 Å². The minimum absolute atomic E-state index is 0.172. The van der Waals surface area contributed by atoms with E-state index in [1.54, 1.807) is 0 Å². The predicted octanol–water partition coefficient (Wildman–Crippen LogP) is 6.51. The van der Waals surface area contributed by atoms with Crippen LogP contribution in [0.2, 0.25) is 0 Å². The molecule has 0 amide bonds. The van der Waals surface area contributed by atoms with Gasteiger partial charge in [0.1, 0.15) is 5.75 Å². The molecule has 174 valence electrons. The number of nitrogens with zero attached hydrogens (tertiary/aromatic N) is 1. The predicted molar refractivity (Wildman–Crippen MR) is 130 cm³/mol. The van der Waals surface area contributed by atoms with Crippen molar-refractivity contribution in [1.29, 1.82) is 0 Å². The van der Waals surface area contributed by atoms with E-state index in [-0.39, 0.29) is 5.92 Å². The molecular formula is C28H39NO3. The van der Waals surface area contributed by atoms with Gasteiger partial charge < -0.3 is 9.84 Å². The van der Waals surface area contributed by atoms with Crippen LogP contribution in [-0.4, -0.2) is 35.2 Å². The van der Waals surface area contributed by atoms with Crippen LogP contribution in [0.5, 0.6) is 5.75 Å². The highest BCUT2D eigenvalue weighted by Crippen LogP contribution is 2.41. The third-order valence-electron chi connectivity index (χ3n) is 8.21. The number of aliphatic carboxylic acids is 1. The Labute approximate surface area is 192 Å². The van der Waals surface area contributed by atoms with Crippen molar-refractivity contribution < 1.29 is 14.6 Å². The monoisotopic (exact) mass is 437 g/mol. The molecule has 0 atom stereocenters. The molecule has 1 saturated heterocycles. The summed E-state index contributed by atoms with van der Waals surface area (Å²) in [7, 11) is 0. The Morgan fingerprint density at radius 1 is 1.00 bits per heavy atom. The number of rotatable bonds is 7. The van der Waals surface area contributed by atoms with Crippen molar-refractivity contribution in [1.82, 2.24) is 4.90 Å². The highest BCUT2D eigenvalue weighted by molar-refractivity contribution is 5.84. The molecule has 4 rings (SSSR count). The fourth-order valence-electron chi connectivity index (χ4n) is 5.48. The van der Waals surface area contributed by atoms with E-state index in [1.807, 2.05) is 0 Å². The average molecular weight is 438 g/mol. The van der Waals surface area contributed by atoms with Crippen molar-refractivity contribution in [3.8, 4) is 5.75 Å². The van der Waals surface area contributed by atoms with E-state index in [0.29, 0.717) is 11.5 Å². The molecule has 1 aliphatic carbocycles. The first-order valence-corrected chi connectivity index (χ1v) is 12.5. The first-order chi connectivity index (χ1) is 15.3. The highest BCUT2D eigenvalue weighted by Gasteiger charge is 2.32. The van der Waals surface area contributed by atoms with E-state index in [4.69, 9.17) is 4.74 Å². The van der Waals surface area contributed by atoms with Gasteiger partial charge in [0.15, 0.2) is 0 Å². The van der Waals surface area contributed by atoms with Gasteiger partial charge in [0.25, 0.3) is 0 Å². The molecule has 1 N–H and O–H groups in total. The van der Waals surface area contributed by atoms with Gasteiger partial charge in [-0.15, -0.1) is 0 Å². The van der Waals surface area contributed by atoms with E-state index in [2.05, 4.69) is 62.1 Å². The molecule has 0 radical (unpaired) electrons. The zero-order valence-corrected chi connectivity index (χ0v) is 20.0. The zero-order valence-electron chi connectivity index (χ0n) is 20.0. The molecule has 0 aromatic heterocycles. The molecule has 1 heterocycles. The van der Waals surface area contributed by atoms with Crippen molar-refractivity contribution in [3.05, 3.63) is 42.0 Å². The average Bonchev–Trinajstić information content (AvgIpc) is 2.80. The summed E-state index contributed by atoms with van der Waals surface area (Å²) < 4.78 is 6.38. The topological polar surface area (TPSA) is 49.8 Å². The third-order valence-corrected chi connectivity index (χ3v) is 8.21. The molecule has 32 heavy (non-hydrogen) atoms. The van der Waals surface area contributed by atoms with Crippen molar-refractivity contribution in [3.63, 3.8) is 0 Å². The van der Waals surface area contributed by atoms with Crippen LogP contribution in [-0.2, 0) is 11.3 Å².